The molecular formula is C18H28N2O2. The van der Waals surface area contributed by atoms with Gasteiger partial charge >= 0.3 is 0 Å². The van der Waals surface area contributed by atoms with Gasteiger partial charge in [0.2, 0.25) is 5.91 Å². The highest BCUT2D eigenvalue weighted by atomic mass is 16.3. The van der Waals surface area contributed by atoms with Gasteiger partial charge in [-0.25, -0.2) is 0 Å². The largest absolute Gasteiger partial charge is 0.389 e. The molecule has 0 spiro atoms. The Bertz CT molecular complexity index is 467. The predicted molar refractivity (Wildman–Crippen MR) is 88.1 cm³/mol. The van der Waals surface area contributed by atoms with E-state index < -0.39 is 5.60 Å². The van der Waals surface area contributed by atoms with E-state index in [0.717, 1.165) is 32.2 Å². The third-order valence-electron chi connectivity index (χ3n) is 4.65. The Labute approximate surface area is 133 Å². The van der Waals surface area contributed by atoms with Crippen LogP contribution < -0.4 is 5.73 Å². The van der Waals surface area contributed by atoms with Gasteiger partial charge in [-0.1, -0.05) is 37.3 Å². The van der Waals surface area contributed by atoms with Crippen molar-refractivity contribution in [2.45, 2.75) is 51.2 Å². The lowest BCUT2D eigenvalue weighted by Crippen LogP contribution is -2.45. The Kier molecular flexibility index (Phi) is 5.98. The summed E-state index contributed by atoms with van der Waals surface area (Å²) in [6.07, 6.45) is 4.17. The van der Waals surface area contributed by atoms with Gasteiger partial charge in [0.05, 0.1) is 5.60 Å². The lowest BCUT2D eigenvalue weighted by atomic mass is 9.79. The van der Waals surface area contributed by atoms with Crippen molar-refractivity contribution in [2.24, 2.45) is 11.7 Å². The molecular weight excluding hydrogens is 276 g/mol. The van der Waals surface area contributed by atoms with Gasteiger partial charge in [-0.05, 0) is 37.2 Å². The van der Waals surface area contributed by atoms with Crippen molar-refractivity contribution in [2.75, 3.05) is 13.1 Å². The van der Waals surface area contributed by atoms with Crippen LogP contribution in [0.2, 0.25) is 0 Å². The minimum absolute atomic E-state index is 0.290. The number of hydrogen-bond acceptors (Lipinski definition) is 3. The number of carbonyl (C=O) groups excluding carboxylic acids is 1. The summed E-state index contributed by atoms with van der Waals surface area (Å²) in [5.41, 5.74) is 5.86. The van der Waals surface area contributed by atoms with Gasteiger partial charge in [-0.2, -0.15) is 0 Å². The maximum atomic E-state index is 11.1. The van der Waals surface area contributed by atoms with E-state index in [4.69, 9.17) is 5.73 Å². The van der Waals surface area contributed by atoms with Gasteiger partial charge in [-0.3, -0.25) is 9.69 Å². The molecule has 122 valence electrons. The first-order valence-electron chi connectivity index (χ1n) is 8.24. The molecule has 1 aliphatic carbocycles. The number of amides is 1. The highest BCUT2D eigenvalue weighted by molar-refractivity contribution is 5.73. The molecule has 2 rings (SSSR count). The summed E-state index contributed by atoms with van der Waals surface area (Å²) in [6.45, 7) is 4.20. The summed E-state index contributed by atoms with van der Waals surface area (Å²) in [6, 6.07) is 10.2. The van der Waals surface area contributed by atoms with Gasteiger partial charge in [0.15, 0.2) is 0 Å². The van der Waals surface area contributed by atoms with Gasteiger partial charge in [-0.15, -0.1) is 0 Å². The lowest BCUT2D eigenvalue weighted by molar-refractivity contribution is -0.118. The van der Waals surface area contributed by atoms with E-state index in [9.17, 15) is 9.90 Å². The summed E-state index contributed by atoms with van der Waals surface area (Å²) in [5.74, 6) is 0.413. The van der Waals surface area contributed by atoms with Crippen LogP contribution in [0.5, 0.6) is 0 Å². The standard InChI is InChI=1S/C18H28N2O2/c1-15-7-10-18(22,11-8-15)14-20(12-9-17(19)21)13-16-5-3-2-4-6-16/h2-6,15,22H,7-14H2,1H3,(H2,19,21). The van der Waals surface area contributed by atoms with Crippen LogP contribution in [0.1, 0.15) is 44.6 Å². The molecule has 1 aromatic carbocycles. The second kappa shape index (κ2) is 7.75. The highest BCUT2D eigenvalue weighted by Gasteiger charge is 2.33. The van der Waals surface area contributed by atoms with Crippen LogP contribution in [0.4, 0.5) is 0 Å². The maximum Gasteiger partial charge on any atom is 0.218 e. The number of nitrogens with zero attached hydrogens (tertiary/aromatic N) is 1. The maximum absolute atomic E-state index is 11.1. The van der Waals surface area contributed by atoms with Gasteiger partial charge < -0.3 is 10.8 Å². The van der Waals surface area contributed by atoms with Crippen molar-refractivity contribution in [1.29, 1.82) is 0 Å². The number of nitrogens with two attached hydrogens (primary N) is 1. The van der Waals surface area contributed by atoms with Crippen LogP contribution in [-0.4, -0.2) is 34.6 Å². The van der Waals surface area contributed by atoms with Crippen LogP contribution in [0.25, 0.3) is 0 Å². The van der Waals surface area contributed by atoms with Crippen molar-refractivity contribution in [3.8, 4) is 0 Å². The van der Waals surface area contributed by atoms with Gasteiger partial charge in [0.1, 0.15) is 0 Å². The molecule has 1 fully saturated rings. The van der Waals surface area contributed by atoms with Gasteiger partial charge in [0.25, 0.3) is 0 Å². The second-order valence-corrected chi connectivity index (χ2v) is 6.82. The third-order valence-corrected chi connectivity index (χ3v) is 4.65. The molecule has 1 saturated carbocycles. The van der Waals surface area contributed by atoms with Crippen molar-refractivity contribution >= 4 is 5.91 Å². The number of benzene rings is 1. The Hall–Kier alpha value is -1.39. The summed E-state index contributed by atoms with van der Waals surface area (Å²) in [7, 11) is 0. The summed E-state index contributed by atoms with van der Waals surface area (Å²) >= 11 is 0. The molecule has 0 saturated heterocycles. The topological polar surface area (TPSA) is 66.6 Å². The number of rotatable bonds is 7. The van der Waals surface area contributed by atoms with E-state index in [2.05, 4.69) is 24.0 Å². The van der Waals surface area contributed by atoms with E-state index >= 15 is 0 Å². The van der Waals surface area contributed by atoms with E-state index in [-0.39, 0.29) is 5.91 Å². The first kappa shape index (κ1) is 17.0. The van der Waals surface area contributed by atoms with Crippen LogP contribution >= 0.6 is 0 Å². The molecule has 4 nitrogen and oxygen atoms in total. The number of aliphatic hydroxyl groups is 1. The Morgan fingerprint density at radius 1 is 1.32 bits per heavy atom. The highest BCUT2D eigenvalue weighted by Crippen LogP contribution is 2.32. The van der Waals surface area contributed by atoms with Crippen molar-refractivity contribution in [3.63, 3.8) is 0 Å². The van der Waals surface area contributed by atoms with Crippen molar-refractivity contribution < 1.29 is 9.90 Å². The molecule has 0 aromatic heterocycles. The first-order chi connectivity index (χ1) is 10.5. The smallest absolute Gasteiger partial charge is 0.218 e. The van der Waals surface area contributed by atoms with E-state index in [1.165, 1.54) is 5.56 Å². The van der Waals surface area contributed by atoms with Crippen LogP contribution in [-0.2, 0) is 11.3 Å². The second-order valence-electron chi connectivity index (χ2n) is 6.82. The normalized spacial score (nSPS) is 25.3. The quantitative estimate of drug-likeness (QED) is 0.812. The van der Waals surface area contributed by atoms with Crippen molar-refractivity contribution in [3.05, 3.63) is 35.9 Å². The van der Waals surface area contributed by atoms with E-state index in [0.29, 0.717) is 25.4 Å². The third kappa shape index (κ3) is 5.43. The summed E-state index contributed by atoms with van der Waals surface area (Å²) < 4.78 is 0. The average Bonchev–Trinajstić information content (AvgIpc) is 2.49. The minimum atomic E-state index is -0.626. The minimum Gasteiger partial charge on any atom is -0.389 e. The molecule has 4 heteroatoms. The Morgan fingerprint density at radius 2 is 1.95 bits per heavy atom. The monoisotopic (exact) mass is 304 g/mol. The Morgan fingerprint density at radius 3 is 2.55 bits per heavy atom. The number of hydrogen-bond donors (Lipinski definition) is 2. The fourth-order valence-corrected chi connectivity index (χ4v) is 3.20. The molecule has 0 atom stereocenters. The van der Waals surface area contributed by atoms with Gasteiger partial charge in [0, 0.05) is 26.1 Å². The SMILES string of the molecule is CC1CCC(O)(CN(CCC(N)=O)Cc2ccccc2)CC1. The molecule has 1 aliphatic rings. The zero-order valence-corrected chi connectivity index (χ0v) is 13.5. The lowest BCUT2D eigenvalue weighted by Gasteiger charge is -2.39. The zero-order chi connectivity index (χ0) is 16.0. The van der Waals surface area contributed by atoms with Crippen LogP contribution in [0.15, 0.2) is 30.3 Å². The van der Waals surface area contributed by atoms with Crippen LogP contribution in [0, 0.1) is 5.92 Å². The molecule has 1 amide bonds. The predicted octanol–water partition coefficient (Wildman–Crippen LogP) is 2.31. The van der Waals surface area contributed by atoms with Crippen LogP contribution in [0.3, 0.4) is 0 Å². The molecule has 22 heavy (non-hydrogen) atoms. The molecule has 0 heterocycles. The molecule has 1 aromatic rings. The fraction of sp³-hybridized carbons (Fsp3) is 0.611. The fourth-order valence-electron chi connectivity index (χ4n) is 3.20. The van der Waals surface area contributed by atoms with E-state index in [1.54, 1.807) is 0 Å². The summed E-state index contributed by atoms with van der Waals surface area (Å²) in [5, 5.41) is 10.8. The van der Waals surface area contributed by atoms with E-state index in [1.807, 2.05) is 18.2 Å². The average molecular weight is 304 g/mol. The van der Waals surface area contributed by atoms with Crippen molar-refractivity contribution in [1.82, 2.24) is 4.90 Å². The molecule has 0 unspecified atom stereocenters. The zero-order valence-electron chi connectivity index (χ0n) is 13.5. The summed E-state index contributed by atoms with van der Waals surface area (Å²) in [4.78, 5) is 13.3. The molecule has 0 radical (unpaired) electrons. The number of carbonyl (C=O) groups is 1. The Balaban J connectivity index is 1.98. The first-order valence-corrected chi connectivity index (χ1v) is 8.24. The molecule has 0 aliphatic heterocycles. The number of primary amides is 1. The molecule has 0 bridgehead atoms. The molecule has 3 N–H and O–H groups in total.